The van der Waals surface area contributed by atoms with Crippen molar-refractivity contribution < 1.29 is 19.0 Å². The first-order valence-electron chi connectivity index (χ1n) is 5.51. The Morgan fingerprint density at radius 1 is 1.47 bits per heavy atom. The van der Waals surface area contributed by atoms with Gasteiger partial charge in [0.2, 0.25) is 11.8 Å². The van der Waals surface area contributed by atoms with Gasteiger partial charge in [-0.2, -0.15) is 0 Å². The van der Waals surface area contributed by atoms with Gasteiger partial charge in [0.1, 0.15) is 5.75 Å². The summed E-state index contributed by atoms with van der Waals surface area (Å²) in [5.74, 6) is 0.282. The first kappa shape index (κ1) is 13.4. The fraction of sp³-hybridized carbons (Fsp3) is 0.250. The Labute approximate surface area is 114 Å². The Bertz CT molecular complexity index is 566. The van der Waals surface area contributed by atoms with Crippen LogP contribution >= 0.6 is 11.6 Å². The van der Waals surface area contributed by atoms with E-state index in [1.54, 1.807) is 11.8 Å². The van der Waals surface area contributed by atoms with Crippen molar-refractivity contribution in [2.24, 2.45) is 4.99 Å². The Morgan fingerprint density at radius 3 is 2.84 bits per heavy atom. The lowest BCUT2D eigenvalue weighted by atomic mass is 10.2. The monoisotopic (exact) mass is 281 g/mol. The lowest BCUT2D eigenvalue weighted by molar-refractivity contribution is -0.754. The third kappa shape index (κ3) is 3.69. The molecule has 0 saturated heterocycles. The van der Waals surface area contributed by atoms with Crippen LogP contribution in [0.5, 0.6) is 5.75 Å². The quantitative estimate of drug-likeness (QED) is 0.349. The van der Waals surface area contributed by atoms with Gasteiger partial charge in [0.15, 0.2) is 0 Å². The van der Waals surface area contributed by atoms with Crippen molar-refractivity contribution in [3.05, 3.63) is 36.0 Å². The lowest BCUT2D eigenvalue weighted by Gasteiger charge is -2.00. The van der Waals surface area contributed by atoms with Crippen molar-refractivity contribution in [2.75, 3.05) is 13.0 Å². The SMILES string of the molecule is COc1ccc(C[n+]2cc(/N=C(\[O-])CCl)on2)cc1. The van der Waals surface area contributed by atoms with Crippen LogP contribution in [-0.2, 0) is 6.54 Å². The van der Waals surface area contributed by atoms with Crippen LogP contribution in [-0.4, -0.2) is 24.2 Å². The molecule has 0 spiro atoms. The minimum Gasteiger partial charge on any atom is -0.861 e. The fourth-order valence-electron chi connectivity index (χ4n) is 1.46. The molecule has 1 heterocycles. The van der Waals surface area contributed by atoms with Crippen molar-refractivity contribution in [1.29, 1.82) is 0 Å². The third-order valence-corrected chi connectivity index (χ3v) is 2.58. The number of hydrogen-bond acceptors (Lipinski definition) is 5. The number of methoxy groups -OCH3 is 1. The summed E-state index contributed by atoms with van der Waals surface area (Å²) in [6, 6.07) is 7.55. The minimum absolute atomic E-state index is 0.138. The maximum Gasteiger partial charge on any atom is 0.320 e. The molecule has 0 atom stereocenters. The highest BCUT2D eigenvalue weighted by atomic mass is 35.5. The van der Waals surface area contributed by atoms with Gasteiger partial charge in [0.05, 0.1) is 13.0 Å². The van der Waals surface area contributed by atoms with Gasteiger partial charge in [0.25, 0.3) is 6.20 Å². The molecule has 0 aliphatic carbocycles. The molecular weight excluding hydrogens is 270 g/mol. The molecule has 0 radical (unpaired) electrons. The number of alkyl halides is 1. The fourth-order valence-corrected chi connectivity index (χ4v) is 1.52. The van der Waals surface area contributed by atoms with Gasteiger partial charge in [-0.25, -0.2) is 4.99 Å². The maximum absolute atomic E-state index is 11.0. The number of halogens is 1. The summed E-state index contributed by atoms with van der Waals surface area (Å²) in [5.41, 5.74) is 1.02. The molecule has 1 aromatic heterocycles. The van der Waals surface area contributed by atoms with E-state index in [4.69, 9.17) is 20.9 Å². The van der Waals surface area contributed by atoms with E-state index >= 15 is 0 Å². The molecule has 0 saturated carbocycles. The molecule has 6 nitrogen and oxygen atoms in total. The second-order valence-electron chi connectivity index (χ2n) is 3.73. The Hall–Kier alpha value is -2.08. The zero-order valence-electron chi connectivity index (χ0n) is 10.2. The van der Waals surface area contributed by atoms with Crippen LogP contribution in [0.2, 0.25) is 0 Å². The van der Waals surface area contributed by atoms with Gasteiger partial charge in [-0.3, -0.25) is 4.52 Å². The van der Waals surface area contributed by atoms with E-state index in [9.17, 15) is 5.11 Å². The molecule has 0 unspecified atom stereocenters. The molecule has 2 aromatic rings. The number of nitrogens with zero attached hydrogens (tertiary/aromatic N) is 3. The zero-order chi connectivity index (χ0) is 13.7. The largest absolute Gasteiger partial charge is 0.861 e. The highest BCUT2D eigenvalue weighted by Gasteiger charge is 2.11. The molecule has 2 rings (SSSR count). The number of hydrogen-bond donors (Lipinski definition) is 0. The molecule has 0 amide bonds. The van der Waals surface area contributed by atoms with Crippen molar-refractivity contribution in [3.8, 4) is 5.75 Å². The summed E-state index contributed by atoms with van der Waals surface area (Å²) >= 11 is 5.34. The summed E-state index contributed by atoms with van der Waals surface area (Å²) < 4.78 is 11.5. The zero-order valence-corrected chi connectivity index (χ0v) is 11.0. The topological polar surface area (TPSA) is 74.6 Å². The Balaban J connectivity index is 2.06. The summed E-state index contributed by atoms with van der Waals surface area (Å²) in [4.78, 5) is 3.63. The van der Waals surface area contributed by atoms with Crippen LogP contribution in [0, 0.1) is 0 Å². The second-order valence-corrected chi connectivity index (χ2v) is 3.99. The number of ether oxygens (including phenoxy) is 1. The molecule has 100 valence electrons. The standard InChI is InChI=1S/C12H12ClN3O3/c1-18-10-4-2-9(3-5-10)7-16-8-12(19-15-16)14-11(17)6-13/h2-5,8H,6-7H2,1H3. The lowest BCUT2D eigenvalue weighted by Crippen LogP contribution is -2.35. The predicted molar refractivity (Wildman–Crippen MR) is 66.6 cm³/mol. The summed E-state index contributed by atoms with van der Waals surface area (Å²) in [6.45, 7) is 0.512. The second kappa shape index (κ2) is 6.19. The van der Waals surface area contributed by atoms with E-state index < -0.39 is 5.90 Å². The average molecular weight is 282 g/mol. The average Bonchev–Trinajstić information content (AvgIpc) is 2.86. The predicted octanol–water partition coefficient (Wildman–Crippen LogP) is 0.648. The first-order chi connectivity index (χ1) is 9.21. The van der Waals surface area contributed by atoms with E-state index in [0.29, 0.717) is 6.54 Å². The van der Waals surface area contributed by atoms with Crippen molar-refractivity contribution in [1.82, 2.24) is 5.27 Å². The van der Waals surface area contributed by atoms with Gasteiger partial charge in [-0.05, 0) is 34.8 Å². The first-order valence-corrected chi connectivity index (χ1v) is 6.04. The van der Waals surface area contributed by atoms with Gasteiger partial charge >= 0.3 is 5.88 Å². The van der Waals surface area contributed by atoms with Crippen LogP contribution in [0.1, 0.15) is 5.56 Å². The Kier molecular flexibility index (Phi) is 4.35. The number of benzene rings is 1. The van der Waals surface area contributed by atoms with E-state index in [2.05, 4.69) is 10.3 Å². The number of rotatable bonds is 5. The summed E-state index contributed by atoms with van der Waals surface area (Å²) in [6.07, 6.45) is 1.54. The van der Waals surface area contributed by atoms with Crippen LogP contribution in [0.3, 0.4) is 0 Å². The van der Waals surface area contributed by atoms with E-state index in [0.717, 1.165) is 11.3 Å². The van der Waals surface area contributed by atoms with Crippen LogP contribution < -0.4 is 14.5 Å². The highest BCUT2D eigenvalue weighted by molar-refractivity contribution is 6.26. The van der Waals surface area contributed by atoms with Crippen molar-refractivity contribution >= 4 is 23.4 Å². The molecule has 0 bridgehead atoms. The molecule has 7 heteroatoms. The van der Waals surface area contributed by atoms with Gasteiger partial charge in [-0.15, -0.1) is 11.6 Å². The molecule has 0 N–H and O–H groups in total. The van der Waals surface area contributed by atoms with Gasteiger partial charge < -0.3 is 9.84 Å². The number of aromatic nitrogens is 2. The summed E-state index contributed by atoms with van der Waals surface area (Å²) in [5, 5.41) is 14.8. The van der Waals surface area contributed by atoms with Crippen molar-refractivity contribution in [3.63, 3.8) is 0 Å². The van der Waals surface area contributed by atoms with Crippen LogP contribution in [0.25, 0.3) is 0 Å². The third-order valence-electron chi connectivity index (χ3n) is 2.35. The maximum atomic E-state index is 11.0. The molecule has 19 heavy (non-hydrogen) atoms. The van der Waals surface area contributed by atoms with Gasteiger partial charge in [0, 0.05) is 5.56 Å². The smallest absolute Gasteiger partial charge is 0.320 e. The van der Waals surface area contributed by atoms with Gasteiger partial charge in [-0.1, -0.05) is 0 Å². The van der Waals surface area contributed by atoms with Crippen LogP contribution in [0.4, 0.5) is 5.88 Å². The molecule has 0 aliphatic rings. The molecule has 1 aromatic carbocycles. The molecule has 0 fully saturated rings. The summed E-state index contributed by atoms with van der Waals surface area (Å²) in [7, 11) is 1.61. The van der Waals surface area contributed by atoms with Crippen molar-refractivity contribution in [2.45, 2.75) is 6.54 Å². The van der Waals surface area contributed by atoms with E-state index in [1.807, 2.05) is 24.3 Å². The highest BCUT2D eigenvalue weighted by Crippen LogP contribution is 2.11. The van der Waals surface area contributed by atoms with E-state index in [1.165, 1.54) is 6.20 Å². The molecule has 0 aliphatic heterocycles. The minimum atomic E-state index is -0.464. The van der Waals surface area contributed by atoms with E-state index in [-0.39, 0.29) is 11.8 Å². The normalized spacial score (nSPS) is 11.6. The Morgan fingerprint density at radius 2 is 2.21 bits per heavy atom. The van der Waals surface area contributed by atoms with Crippen LogP contribution in [0.15, 0.2) is 40.0 Å². The number of aliphatic imine (C=N–C) groups is 1. The molecular formula is C12H12ClN3O3.